The van der Waals surface area contributed by atoms with Crippen molar-refractivity contribution >= 4 is 11.0 Å². The van der Waals surface area contributed by atoms with Crippen LogP contribution in [0.1, 0.15) is 27.8 Å². The minimum Gasteiger partial charge on any atom is -0.463 e. The van der Waals surface area contributed by atoms with Crippen LogP contribution in [0, 0.1) is 11.3 Å². The number of furan rings is 1. The molecule has 5 heteroatoms. The van der Waals surface area contributed by atoms with E-state index in [9.17, 15) is 5.26 Å². The van der Waals surface area contributed by atoms with Gasteiger partial charge in [0, 0.05) is 22.1 Å². The maximum atomic E-state index is 10.1. The van der Waals surface area contributed by atoms with E-state index in [2.05, 4.69) is 84.9 Å². The molecule has 0 radical (unpaired) electrons. The molecule has 224 valence electrons. The number of rotatable bonds is 5. The van der Waals surface area contributed by atoms with Crippen molar-refractivity contribution in [3.8, 4) is 51.4 Å². The van der Waals surface area contributed by atoms with Gasteiger partial charge in [0.25, 0.3) is 0 Å². The lowest BCUT2D eigenvalue weighted by molar-refractivity contribution is 0.614. The Kier molecular flexibility index (Phi) is 6.34. The summed E-state index contributed by atoms with van der Waals surface area (Å²) >= 11 is 0. The van der Waals surface area contributed by atoms with Crippen LogP contribution in [0.3, 0.4) is 0 Å². The van der Waals surface area contributed by atoms with Gasteiger partial charge in [-0.05, 0) is 45.5 Å². The van der Waals surface area contributed by atoms with E-state index in [0.717, 1.165) is 55.5 Å². The third-order valence-electron chi connectivity index (χ3n) is 9.33. The minimum atomic E-state index is -0.682. The molecule has 0 aliphatic heterocycles. The van der Waals surface area contributed by atoms with E-state index in [0.29, 0.717) is 28.6 Å². The van der Waals surface area contributed by atoms with Gasteiger partial charge in [0.15, 0.2) is 17.5 Å². The summed E-state index contributed by atoms with van der Waals surface area (Å²) in [6.45, 7) is 0. The average Bonchev–Trinajstić information content (AvgIpc) is 3.73. The highest BCUT2D eigenvalue weighted by Crippen LogP contribution is 2.58. The summed E-state index contributed by atoms with van der Waals surface area (Å²) in [4.78, 5) is 15.0. The predicted molar refractivity (Wildman–Crippen MR) is 188 cm³/mol. The van der Waals surface area contributed by atoms with Gasteiger partial charge in [-0.2, -0.15) is 5.26 Å². The summed E-state index contributed by atoms with van der Waals surface area (Å²) in [5.41, 5.74) is 9.83. The number of aromatic nitrogens is 3. The zero-order valence-electron chi connectivity index (χ0n) is 25.7. The van der Waals surface area contributed by atoms with Crippen molar-refractivity contribution in [1.29, 1.82) is 5.26 Å². The number of fused-ring (bicyclic) bond motifs is 5. The number of hydrogen-bond acceptors (Lipinski definition) is 5. The molecule has 5 nitrogen and oxygen atoms in total. The number of nitriles is 1. The Hall–Kier alpha value is -6.64. The van der Waals surface area contributed by atoms with E-state index in [-0.39, 0.29) is 0 Å². The third kappa shape index (κ3) is 4.13. The van der Waals surface area contributed by atoms with E-state index in [1.165, 1.54) is 0 Å². The lowest BCUT2D eigenvalue weighted by atomic mass is 9.67. The second kappa shape index (κ2) is 11.0. The molecule has 9 rings (SSSR count). The molecule has 0 bridgehead atoms. The van der Waals surface area contributed by atoms with Crippen molar-refractivity contribution in [2.45, 2.75) is 5.41 Å². The molecule has 0 saturated carbocycles. The van der Waals surface area contributed by atoms with Crippen LogP contribution in [-0.2, 0) is 5.41 Å². The first-order valence-corrected chi connectivity index (χ1v) is 15.8. The van der Waals surface area contributed by atoms with Gasteiger partial charge in [-0.15, -0.1) is 0 Å². The Labute approximate surface area is 277 Å². The molecule has 8 aromatic rings. The largest absolute Gasteiger partial charge is 0.463 e. The van der Waals surface area contributed by atoms with Gasteiger partial charge in [-0.3, -0.25) is 0 Å². The maximum absolute atomic E-state index is 10.1. The molecule has 1 aliphatic carbocycles. The van der Waals surface area contributed by atoms with Crippen LogP contribution >= 0.6 is 0 Å². The fourth-order valence-corrected chi connectivity index (χ4v) is 7.28. The molecule has 1 aliphatic rings. The molecule has 0 fully saturated rings. The Balaban J connectivity index is 1.33. The topological polar surface area (TPSA) is 75.6 Å². The van der Waals surface area contributed by atoms with Crippen LogP contribution in [-0.4, -0.2) is 15.0 Å². The van der Waals surface area contributed by atoms with Crippen molar-refractivity contribution in [3.63, 3.8) is 0 Å². The molecule has 1 unspecified atom stereocenters. The molecule has 1 atom stereocenters. The molecular formula is C43H26N4O. The van der Waals surface area contributed by atoms with Crippen LogP contribution in [0.4, 0.5) is 0 Å². The lowest BCUT2D eigenvalue weighted by Crippen LogP contribution is -2.28. The second-order valence-corrected chi connectivity index (χ2v) is 11.9. The maximum Gasteiger partial charge on any atom is 0.164 e. The van der Waals surface area contributed by atoms with Gasteiger partial charge >= 0.3 is 0 Å². The normalized spacial score (nSPS) is 14.7. The van der Waals surface area contributed by atoms with Gasteiger partial charge < -0.3 is 4.42 Å². The highest BCUT2D eigenvalue weighted by molar-refractivity contribution is 6.05. The fraction of sp³-hybridized carbons (Fsp3) is 0.0233. The van der Waals surface area contributed by atoms with Crippen molar-refractivity contribution in [1.82, 2.24) is 15.0 Å². The van der Waals surface area contributed by atoms with E-state index in [1.807, 2.05) is 72.8 Å². The quantitative estimate of drug-likeness (QED) is 0.193. The Morgan fingerprint density at radius 3 is 1.75 bits per heavy atom. The summed E-state index contributed by atoms with van der Waals surface area (Å²) in [5.74, 6) is 1.83. The van der Waals surface area contributed by atoms with Gasteiger partial charge in [-0.1, -0.05) is 140 Å². The molecule has 0 N–H and O–H groups in total. The van der Waals surface area contributed by atoms with Crippen LogP contribution in [0.15, 0.2) is 162 Å². The fourth-order valence-electron chi connectivity index (χ4n) is 7.28. The first kappa shape index (κ1) is 27.7. The molecule has 2 heterocycles. The van der Waals surface area contributed by atoms with Crippen LogP contribution < -0.4 is 0 Å². The van der Waals surface area contributed by atoms with E-state index < -0.39 is 5.41 Å². The summed E-state index contributed by atoms with van der Waals surface area (Å²) in [6, 6.07) is 54.2. The zero-order valence-corrected chi connectivity index (χ0v) is 25.7. The zero-order chi connectivity index (χ0) is 32.1. The van der Waals surface area contributed by atoms with Gasteiger partial charge in [0.1, 0.15) is 17.9 Å². The minimum absolute atomic E-state index is 0.529. The highest BCUT2D eigenvalue weighted by atomic mass is 16.3. The molecule has 0 saturated heterocycles. The molecule has 6 aromatic carbocycles. The number of benzene rings is 6. The Bertz CT molecular complexity index is 2460. The Morgan fingerprint density at radius 2 is 1.08 bits per heavy atom. The third-order valence-corrected chi connectivity index (χ3v) is 9.33. The van der Waals surface area contributed by atoms with E-state index in [1.54, 1.807) is 6.26 Å². The summed E-state index contributed by atoms with van der Waals surface area (Å²) in [7, 11) is 0. The van der Waals surface area contributed by atoms with Crippen LogP contribution in [0.25, 0.3) is 56.3 Å². The van der Waals surface area contributed by atoms with E-state index in [4.69, 9.17) is 19.4 Å². The van der Waals surface area contributed by atoms with Crippen LogP contribution in [0.5, 0.6) is 0 Å². The van der Waals surface area contributed by atoms with Gasteiger partial charge in [-0.25, -0.2) is 15.0 Å². The van der Waals surface area contributed by atoms with Crippen molar-refractivity contribution in [2.75, 3.05) is 0 Å². The molecule has 48 heavy (non-hydrogen) atoms. The molecule has 2 aromatic heterocycles. The number of hydrogen-bond donors (Lipinski definition) is 0. The molecule has 0 spiro atoms. The second-order valence-electron chi connectivity index (χ2n) is 11.9. The van der Waals surface area contributed by atoms with Crippen molar-refractivity contribution < 1.29 is 4.42 Å². The first-order valence-electron chi connectivity index (χ1n) is 15.8. The van der Waals surface area contributed by atoms with Crippen molar-refractivity contribution in [3.05, 3.63) is 186 Å². The average molecular weight is 615 g/mol. The first-order chi connectivity index (χ1) is 23.8. The SMILES string of the molecule is N#Cc1coc2ccc3c(c12)-c1ccccc1C3(c1ccccc1)c1cccc(-c2nc(-c3ccccc3)nc(-c3ccccc3)n2)c1. The summed E-state index contributed by atoms with van der Waals surface area (Å²) in [5, 5.41) is 11.0. The summed E-state index contributed by atoms with van der Waals surface area (Å²) in [6.07, 6.45) is 1.56. The summed E-state index contributed by atoms with van der Waals surface area (Å²) < 4.78 is 5.89. The lowest BCUT2D eigenvalue weighted by Gasteiger charge is -2.34. The number of nitrogens with zero attached hydrogens (tertiary/aromatic N) is 4. The standard InChI is InChI=1S/C43H26N4O/c44-26-31-27-48-37-24-23-36-39(38(31)37)34-21-10-11-22-35(34)43(36,32-18-8-3-9-19-32)33-20-12-17-30(25-33)42-46-40(28-13-4-1-5-14-28)45-41(47-42)29-15-6-2-7-16-29/h1-25,27H. The van der Waals surface area contributed by atoms with Crippen molar-refractivity contribution in [2.24, 2.45) is 0 Å². The monoisotopic (exact) mass is 614 g/mol. The molecule has 0 amide bonds. The van der Waals surface area contributed by atoms with Crippen LogP contribution in [0.2, 0.25) is 0 Å². The highest BCUT2D eigenvalue weighted by Gasteiger charge is 2.47. The van der Waals surface area contributed by atoms with Gasteiger partial charge in [0.05, 0.1) is 11.0 Å². The van der Waals surface area contributed by atoms with Gasteiger partial charge in [0.2, 0.25) is 0 Å². The smallest absolute Gasteiger partial charge is 0.164 e. The van der Waals surface area contributed by atoms with E-state index >= 15 is 0 Å². The predicted octanol–water partition coefficient (Wildman–Crippen LogP) is 9.85. The molecular weight excluding hydrogens is 589 g/mol. The Morgan fingerprint density at radius 1 is 0.521 bits per heavy atom.